The molecule has 7 nitrogen and oxygen atoms in total. The van der Waals surface area contributed by atoms with Crippen molar-refractivity contribution in [2.24, 2.45) is 0 Å². The number of aryl methyl sites for hydroxylation is 1. The van der Waals surface area contributed by atoms with Gasteiger partial charge in [0.25, 0.3) is 10.0 Å². The summed E-state index contributed by atoms with van der Waals surface area (Å²) in [6.45, 7) is 2.77. The van der Waals surface area contributed by atoms with Crippen molar-refractivity contribution in [1.82, 2.24) is 5.32 Å². The highest BCUT2D eigenvalue weighted by Crippen LogP contribution is 2.33. The van der Waals surface area contributed by atoms with Gasteiger partial charge in [0, 0.05) is 0 Å². The summed E-state index contributed by atoms with van der Waals surface area (Å²) in [7, 11) is -2.83. The molecule has 3 aromatic rings. The molecule has 1 amide bonds. The minimum atomic E-state index is -4.69. The van der Waals surface area contributed by atoms with Crippen molar-refractivity contribution in [3.05, 3.63) is 83.9 Å². The van der Waals surface area contributed by atoms with Gasteiger partial charge in [-0.15, -0.1) is 0 Å². The van der Waals surface area contributed by atoms with Crippen molar-refractivity contribution >= 4 is 21.6 Å². The quantitative estimate of drug-likeness (QED) is 0.402. The van der Waals surface area contributed by atoms with E-state index in [0.717, 1.165) is 17.7 Å². The van der Waals surface area contributed by atoms with Crippen molar-refractivity contribution in [3.63, 3.8) is 0 Å². The van der Waals surface area contributed by atoms with Crippen molar-refractivity contribution < 1.29 is 35.9 Å². The van der Waals surface area contributed by atoms with Crippen LogP contribution >= 0.6 is 0 Å². The van der Waals surface area contributed by atoms with Gasteiger partial charge < -0.3 is 14.8 Å². The van der Waals surface area contributed by atoms with Gasteiger partial charge in [-0.3, -0.25) is 9.10 Å². The number of nitrogens with zero attached hydrogens (tertiary/aromatic N) is 1. The maximum atomic E-state index is 13.4. The van der Waals surface area contributed by atoms with Gasteiger partial charge in [0.05, 0.1) is 29.3 Å². The molecular weight excluding hydrogens is 509 g/mol. The van der Waals surface area contributed by atoms with E-state index in [1.54, 1.807) is 50.2 Å². The minimum Gasteiger partial charge on any atom is -0.497 e. The Kier molecular flexibility index (Phi) is 8.69. The monoisotopic (exact) mass is 536 g/mol. The first-order chi connectivity index (χ1) is 17.4. The Balaban J connectivity index is 1.80. The van der Waals surface area contributed by atoms with E-state index < -0.39 is 40.3 Å². The number of rotatable bonds is 10. The van der Waals surface area contributed by atoms with Gasteiger partial charge in [-0.2, -0.15) is 13.2 Å². The summed E-state index contributed by atoms with van der Waals surface area (Å²) in [4.78, 5) is 12.7. The summed E-state index contributed by atoms with van der Waals surface area (Å²) in [5.74, 6) is 0.478. The van der Waals surface area contributed by atoms with Crippen LogP contribution in [0.1, 0.15) is 18.1 Å². The van der Waals surface area contributed by atoms with Crippen molar-refractivity contribution in [2.45, 2.75) is 31.0 Å². The molecule has 1 unspecified atom stereocenters. The number of ether oxygens (including phenoxy) is 2. The highest BCUT2D eigenvalue weighted by atomic mass is 32.2. The Hall–Kier alpha value is -3.73. The van der Waals surface area contributed by atoms with Crippen LogP contribution in [0.25, 0.3) is 0 Å². The van der Waals surface area contributed by atoms with Gasteiger partial charge in [0.2, 0.25) is 5.91 Å². The van der Waals surface area contributed by atoms with Gasteiger partial charge >= 0.3 is 6.18 Å². The number of anilines is 1. The SMILES string of the molecule is COc1ccc(OCC(C)NC(=O)CN(c2cccc(C(F)(F)F)c2)S(=O)(=O)c2ccc(C)cc2)cc1. The molecule has 0 saturated carbocycles. The number of hydrogen-bond donors (Lipinski definition) is 1. The van der Waals surface area contributed by atoms with Crippen LogP contribution in [0.4, 0.5) is 18.9 Å². The molecule has 0 bridgehead atoms. The summed E-state index contributed by atoms with van der Waals surface area (Å²) in [6.07, 6.45) is -4.69. The number of benzene rings is 3. The number of sulfonamides is 1. The third-order valence-corrected chi connectivity index (χ3v) is 7.11. The zero-order valence-electron chi connectivity index (χ0n) is 20.5. The second-order valence-electron chi connectivity index (χ2n) is 8.33. The maximum absolute atomic E-state index is 13.4. The van der Waals surface area contributed by atoms with E-state index in [4.69, 9.17) is 9.47 Å². The Labute approximate surface area is 213 Å². The molecule has 0 aliphatic rings. The number of hydrogen-bond acceptors (Lipinski definition) is 5. The van der Waals surface area contributed by atoms with Crippen molar-refractivity contribution in [1.29, 1.82) is 0 Å². The van der Waals surface area contributed by atoms with Crippen molar-refractivity contribution in [2.75, 3.05) is 24.6 Å². The first-order valence-corrected chi connectivity index (χ1v) is 12.7. The molecule has 0 fully saturated rings. The number of nitrogens with one attached hydrogen (secondary N) is 1. The Morgan fingerprint density at radius 3 is 2.22 bits per heavy atom. The van der Waals surface area contributed by atoms with E-state index >= 15 is 0 Å². The van der Waals surface area contributed by atoms with E-state index in [1.165, 1.54) is 25.3 Å². The second-order valence-corrected chi connectivity index (χ2v) is 10.2. The molecule has 0 aliphatic carbocycles. The molecule has 0 saturated heterocycles. The zero-order valence-corrected chi connectivity index (χ0v) is 21.3. The Morgan fingerprint density at radius 1 is 1.00 bits per heavy atom. The molecule has 198 valence electrons. The summed E-state index contributed by atoms with van der Waals surface area (Å²) < 4.78 is 78.2. The molecule has 37 heavy (non-hydrogen) atoms. The molecule has 3 rings (SSSR count). The van der Waals surface area contributed by atoms with E-state index in [0.29, 0.717) is 21.9 Å². The van der Waals surface area contributed by atoms with Gasteiger partial charge in [-0.1, -0.05) is 23.8 Å². The molecule has 0 aliphatic heterocycles. The number of alkyl halides is 3. The smallest absolute Gasteiger partial charge is 0.416 e. The first-order valence-electron chi connectivity index (χ1n) is 11.2. The highest BCUT2D eigenvalue weighted by molar-refractivity contribution is 7.92. The van der Waals surface area contributed by atoms with Crippen LogP contribution in [0, 0.1) is 6.92 Å². The minimum absolute atomic E-state index is 0.0757. The van der Waals surface area contributed by atoms with Gasteiger partial charge in [0.1, 0.15) is 24.7 Å². The lowest BCUT2D eigenvalue weighted by Gasteiger charge is -2.26. The predicted molar refractivity (Wildman–Crippen MR) is 133 cm³/mol. The summed E-state index contributed by atoms with van der Waals surface area (Å²) in [6, 6.07) is 15.9. The molecular formula is C26H27F3N2O5S. The third kappa shape index (κ3) is 7.39. The van der Waals surface area contributed by atoms with E-state index in [1.807, 2.05) is 0 Å². The summed E-state index contributed by atoms with van der Waals surface area (Å²) in [5.41, 5.74) is -0.517. The number of carbonyl (C=O) groups is 1. The lowest BCUT2D eigenvalue weighted by Crippen LogP contribution is -2.45. The van der Waals surface area contributed by atoms with Crippen LogP contribution in [0.3, 0.4) is 0 Å². The summed E-state index contributed by atoms with van der Waals surface area (Å²) in [5, 5.41) is 2.63. The van der Waals surface area contributed by atoms with Crippen LogP contribution < -0.4 is 19.1 Å². The number of methoxy groups -OCH3 is 1. The fourth-order valence-corrected chi connectivity index (χ4v) is 4.79. The van der Waals surface area contributed by atoms with Crippen LogP contribution in [0.5, 0.6) is 11.5 Å². The van der Waals surface area contributed by atoms with Crippen LogP contribution in [-0.4, -0.2) is 40.6 Å². The molecule has 0 radical (unpaired) electrons. The number of carbonyl (C=O) groups excluding carboxylic acids is 1. The molecule has 11 heteroatoms. The van der Waals surface area contributed by atoms with E-state index in [2.05, 4.69) is 5.32 Å². The molecule has 3 aromatic carbocycles. The van der Waals surface area contributed by atoms with E-state index in [-0.39, 0.29) is 17.2 Å². The first kappa shape index (κ1) is 27.9. The zero-order chi connectivity index (χ0) is 27.2. The van der Waals surface area contributed by atoms with Gasteiger partial charge in [0.15, 0.2) is 0 Å². The van der Waals surface area contributed by atoms with Crippen LogP contribution in [0.15, 0.2) is 77.7 Å². The largest absolute Gasteiger partial charge is 0.497 e. The van der Waals surface area contributed by atoms with E-state index in [9.17, 15) is 26.4 Å². The fourth-order valence-electron chi connectivity index (χ4n) is 3.38. The molecule has 1 atom stereocenters. The lowest BCUT2D eigenvalue weighted by atomic mass is 10.2. The standard InChI is InChI=1S/C26H27F3N2O5S/c1-18-7-13-24(14-8-18)37(33,34)31(21-6-4-5-20(15-21)26(27,28)29)16-25(32)30-19(2)17-36-23-11-9-22(35-3)10-12-23/h4-15,19H,16-17H2,1-3H3,(H,30,32). The second kappa shape index (κ2) is 11.5. The average Bonchev–Trinajstić information content (AvgIpc) is 2.86. The number of halogens is 3. The summed E-state index contributed by atoms with van der Waals surface area (Å²) >= 11 is 0. The molecule has 0 aromatic heterocycles. The normalized spacial score (nSPS) is 12.5. The number of amides is 1. The Bertz CT molecular complexity index is 1310. The lowest BCUT2D eigenvalue weighted by molar-refractivity contribution is -0.137. The maximum Gasteiger partial charge on any atom is 0.416 e. The third-order valence-electron chi connectivity index (χ3n) is 5.32. The molecule has 0 spiro atoms. The fraction of sp³-hybridized carbons (Fsp3) is 0.269. The average molecular weight is 537 g/mol. The molecule has 0 heterocycles. The highest BCUT2D eigenvalue weighted by Gasteiger charge is 2.33. The van der Waals surface area contributed by atoms with Crippen LogP contribution in [-0.2, 0) is 21.0 Å². The van der Waals surface area contributed by atoms with Crippen LogP contribution in [0.2, 0.25) is 0 Å². The Morgan fingerprint density at radius 2 is 1.62 bits per heavy atom. The topological polar surface area (TPSA) is 84.9 Å². The van der Waals surface area contributed by atoms with Gasteiger partial charge in [-0.05, 0) is 68.4 Å². The van der Waals surface area contributed by atoms with Crippen molar-refractivity contribution in [3.8, 4) is 11.5 Å². The van der Waals surface area contributed by atoms with Gasteiger partial charge in [-0.25, -0.2) is 8.42 Å². The molecule has 1 N–H and O–H groups in total. The predicted octanol–water partition coefficient (Wildman–Crippen LogP) is 4.80.